The Labute approximate surface area is 169 Å². The molecule has 1 aliphatic carbocycles. The Morgan fingerprint density at radius 1 is 1.33 bits per heavy atom. The van der Waals surface area contributed by atoms with Crippen LogP contribution in [-0.4, -0.2) is 38.5 Å². The minimum absolute atomic E-state index is 0.0532. The zero-order valence-electron chi connectivity index (χ0n) is 16.1. The molecule has 1 aromatic heterocycles. The van der Waals surface area contributed by atoms with E-state index in [0.29, 0.717) is 31.0 Å². The molecule has 3 atom stereocenters. The first-order valence-electron chi connectivity index (χ1n) is 9.73. The van der Waals surface area contributed by atoms with E-state index in [0.717, 1.165) is 12.5 Å². The van der Waals surface area contributed by atoms with Crippen LogP contribution in [-0.2, 0) is 13.1 Å². The van der Waals surface area contributed by atoms with Crippen LogP contribution in [0.1, 0.15) is 39.8 Å². The molecule has 5 rings (SSSR count). The summed E-state index contributed by atoms with van der Waals surface area (Å²) in [6.07, 6.45) is 2.15. The van der Waals surface area contributed by atoms with Crippen molar-refractivity contribution < 1.29 is 23.5 Å². The number of carbonyl (C=O) groups excluding carboxylic acids is 2. The molecular formula is C21H19F2N3O4. The number of halogens is 2. The summed E-state index contributed by atoms with van der Waals surface area (Å²) in [5.41, 5.74) is -1.65. The number of carbonyl (C=O) groups is 2. The Balaban J connectivity index is 1.45. The molecule has 2 fully saturated rings. The highest BCUT2D eigenvalue weighted by atomic mass is 19.1. The minimum atomic E-state index is -0.956. The summed E-state index contributed by atoms with van der Waals surface area (Å²) >= 11 is 0. The molecular weight excluding hydrogens is 396 g/mol. The van der Waals surface area contributed by atoms with Gasteiger partial charge in [0.1, 0.15) is 17.2 Å². The third kappa shape index (κ3) is 2.50. The number of nitrogens with zero attached hydrogens (tertiary/aromatic N) is 2. The maximum Gasteiger partial charge on any atom is 0.275 e. The predicted octanol–water partition coefficient (Wildman–Crippen LogP) is 1.63. The fraction of sp³-hybridized carbons (Fsp3) is 0.381. The monoisotopic (exact) mass is 415 g/mol. The smallest absolute Gasteiger partial charge is 0.275 e. The zero-order valence-corrected chi connectivity index (χ0v) is 16.1. The first-order valence-corrected chi connectivity index (χ1v) is 9.73. The highest BCUT2D eigenvalue weighted by molar-refractivity contribution is 6.00. The minimum Gasteiger partial charge on any atom is -0.503 e. The topological polar surface area (TPSA) is 91.6 Å². The second kappa shape index (κ2) is 6.13. The van der Waals surface area contributed by atoms with Gasteiger partial charge in [0.2, 0.25) is 5.43 Å². The summed E-state index contributed by atoms with van der Waals surface area (Å²) < 4.78 is 28.3. The normalized spacial score (nSPS) is 26.1. The van der Waals surface area contributed by atoms with Crippen LogP contribution in [0.2, 0.25) is 0 Å². The molecule has 2 N–H and O–H groups in total. The van der Waals surface area contributed by atoms with Crippen LogP contribution < -0.4 is 10.7 Å². The van der Waals surface area contributed by atoms with Crippen molar-refractivity contribution in [1.82, 2.24) is 14.8 Å². The quantitative estimate of drug-likeness (QED) is 0.797. The number of nitrogens with one attached hydrogen (secondary N) is 1. The lowest BCUT2D eigenvalue weighted by molar-refractivity contribution is 0.0589. The molecule has 156 valence electrons. The zero-order chi connectivity index (χ0) is 21.4. The van der Waals surface area contributed by atoms with Crippen molar-refractivity contribution in [3.63, 3.8) is 0 Å². The lowest BCUT2D eigenvalue weighted by Gasteiger charge is -2.36. The summed E-state index contributed by atoms with van der Waals surface area (Å²) in [6, 6.07) is 2.96. The average molecular weight is 415 g/mol. The van der Waals surface area contributed by atoms with Gasteiger partial charge in [0, 0.05) is 37.5 Å². The van der Waals surface area contributed by atoms with Gasteiger partial charge in [-0.25, -0.2) is 8.78 Å². The molecule has 0 bridgehead atoms. The van der Waals surface area contributed by atoms with E-state index >= 15 is 0 Å². The van der Waals surface area contributed by atoms with Gasteiger partial charge in [-0.1, -0.05) is 13.0 Å². The number of fused-ring (bicyclic) bond motifs is 1. The molecule has 3 aliphatic rings. The number of piperidine rings is 1. The van der Waals surface area contributed by atoms with Crippen molar-refractivity contribution in [2.45, 2.75) is 32.0 Å². The first kappa shape index (κ1) is 18.8. The van der Waals surface area contributed by atoms with E-state index in [4.69, 9.17) is 0 Å². The van der Waals surface area contributed by atoms with E-state index in [1.807, 2.05) is 0 Å². The van der Waals surface area contributed by atoms with Crippen LogP contribution in [0.4, 0.5) is 8.78 Å². The fourth-order valence-corrected chi connectivity index (χ4v) is 5.03. The van der Waals surface area contributed by atoms with Crippen LogP contribution in [0.5, 0.6) is 5.75 Å². The molecule has 1 saturated heterocycles. The number of pyridine rings is 1. The predicted molar refractivity (Wildman–Crippen MR) is 101 cm³/mol. The number of amides is 2. The van der Waals surface area contributed by atoms with Gasteiger partial charge in [-0.15, -0.1) is 0 Å². The van der Waals surface area contributed by atoms with Crippen LogP contribution in [0.3, 0.4) is 0 Å². The van der Waals surface area contributed by atoms with E-state index in [2.05, 4.69) is 12.2 Å². The third-order valence-corrected chi connectivity index (χ3v) is 6.65. The van der Waals surface area contributed by atoms with Crippen LogP contribution in [0.25, 0.3) is 0 Å². The second-order valence-electron chi connectivity index (χ2n) is 8.42. The summed E-state index contributed by atoms with van der Waals surface area (Å²) in [5.74, 6) is -2.82. The maximum atomic E-state index is 13.8. The van der Waals surface area contributed by atoms with Gasteiger partial charge in [0.05, 0.1) is 5.54 Å². The lowest BCUT2D eigenvalue weighted by Crippen LogP contribution is -2.49. The van der Waals surface area contributed by atoms with Crippen LogP contribution in [0, 0.1) is 23.5 Å². The van der Waals surface area contributed by atoms with Crippen molar-refractivity contribution >= 4 is 11.8 Å². The standard InChI is InChI=1S/C21H19F2N3O4/c1-10-7-26-20(30)16-18(28)17(27)13(8-25(16)9-21(26)5-14(10)21)19(29)24-6-11-2-3-12(22)4-15(11)23/h2-4,8,10,14,28H,5-7,9H2,1H3,(H,24,29)/t10-,14+,21-/m0/s1. The number of aromatic nitrogens is 1. The Bertz CT molecular complexity index is 1180. The molecule has 0 radical (unpaired) electrons. The summed E-state index contributed by atoms with van der Waals surface area (Å²) in [6.45, 7) is 2.81. The highest BCUT2D eigenvalue weighted by Gasteiger charge is 2.68. The van der Waals surface area contributed by atoms with Gasteiger partial charge >= 0.3 is 0 Å². The van der Waals surface area contributed by atoms with Gasteiger partial charge < -0.3 is 19.9 Å². The van der Waals surface area contributed by atoms with Crippen molar-refractivity contribution in [2.24, 2.45) is 11.8 Å². The van der Waals surface area contributed by atoms with E-state index < -0.39 is 34.6 Å². The van der Waals surface area contributed by atoms with Crippen molar-refractivity contribution in [1.29, 1.82) is 0 Å². The van der Waals surface area contributed by atoms with Crippen LogP contribution in [0.15, 0.2) is 29.2 Å². The van der Waals surface area contributed by atoms with E-state index in [1.54, 1.807) is 4.90 Å². The summed E-state index contributed by atoms with van der Waals surface area (Å²) in [7, 11) is 0. The Morgan fingerprint density at radius 2 is 2.10 bits per heavy atom. The Morgan fingerprint density at radius 3 is 2.80 bits per heavy atom. The van der Waals surface area contributed by atoms with E-state index in [9.17, 15) is 28.3 Å². The molecule has 9 heteroatoms. The lowest BCUT2D eigenvalue weighted by atomic mass is 10.1. The molecule has 1 aromatic carbocycles. The first-order chi connectivity index (χ1) is 14.2. The van der Waals surface area contributed by atoms with Crippen molar-refractivity contribution in [3.8, 4) is 5.75 Å². The number of aromatic hydroxyl groups is 1. The van der Waals surface area contributed by atoms with Crippen molar-refractivity contribution in [3.05, 3.63) is 63.1 Å². The van der Waals surface area contributed by atoms with Gasteiger partial charge in [-0.3, -0.25) is 14.4 Å². The second-order valence-corrected chi connectivity index (χ2v) is 8.42. The van der Waals surface area contributed by atoms with Gasteiger partial charge in [0.25, 0.3) is 11.8 Å². The molecule has 7 nitrogen and oxygen atoms in total. The molecule has 1 spiro atoms. The third-order valence-electron chi connectivity index (χ3n) is 6.65. The molecule has 3 heterocycles. The highest BCUT2D eigenvalue weighted by Crippen LogP contribution is 2.61. The van der Waals surface area contributed by atoms with Crippen LogP contribution >= 0.6 is 0 Å². The molecule has 1 saturated carbocycles. The molecule has 2 amide bonds. The van der Waals surface area contributed by atoms with Gasteiger partial charge in [-0.05, 0) is 24.3 Å². The molecule has 2 aliphatic heterocycles. The number of benzene rings is 1. The molecule has 30 heavy (non-hydrogen) atoms. The fourth-order valence-electron chi connectivity index (χ4n) is 5.03. The number of rotatable bonds is 3. The molecule has 2 aromatic rings. The van der Waals surface area contributed by atoms with Crippen molar-refractivity contribution in [2.75, 3.05) is 6.54 Å². The van der Waals surface area contributed by atoms with E-state index in [1.165, 1.54) is 16.8 Å². The maximum absolute atomic E-state index is 13.8. The van der Waals surface area contributed by atoms with Gasteiger partial charge in [-0.2, -0.15) is 0 Å². The Kier molecular flexibility index (Phi) is 3.84. The van der Waals surface area contributed by atoms with Gasteiger partial charge in [0.15, 0.2) is 11.4 Å². The summed E-state index contributed by atoms with van der Waals surface area (Å²) in [4.78, 5) is 39.8. The number of hydrogen-bond acceptors (Lipinski definition) is 4. The SMILES string of the molecule is C[C@H]1CN2C(=O)c3c(O)c(=O)c(C(=O)NCc4ccc(F)cc4F)cn3C[C@]23C[C@H]13. The largest absolute Gasteiger partial charge is 0.503 e. The summed E-state index contributed by atoms with van der Waals surface area (Å²) in [5, 5.41) is 12.8. The average Bonchev–Trinajstić information content (AvgIpc) is 3.34. The molecule has 0 unspecified atom stereocenters. The Hall–Kier alpha value is -3.23. The number of hydrogen-bond donors (Lipinski definition) is 2. The van der Waals surface area contributed by atoms with E-state index in [-0.39, 0.29) is 28.9 Å².